The molecule has 0 amide bonds. The quantitative estimate of drug-likeness (QED) is 0.926. The predicted octanol–water partition coefficient (Wildman–Crippen LogP) is 3.53. The first-order chi connectivity index (χ1) is 10.2. The van der Waals surface area contributed by atoms with Crippen LogP contribution in [0.2, 0.25) is 0 Å². The van der Waals surface area contributed by atoms with Gasteiger partial charge in [-0.25, -0.2) is 0 Å². The van der Waals surface area contributed by atoms with E-state index in [-0.39, 0.29) is 6.10 Å². The van der Waals surface area contributed by atoms with Crippen LogP contribution in [0.3, 0.4) is 0 Å². The lowest BCUT2D eigenvalue weighted by Crippen LogP contribution is -2.36. The van der Waals surface area contributed by atoms with E-state index in [1.165, 1.54) is 48.8 Å². The summed E-state index contributed by atoms with van der Waals surface area (Å²) in [4.78, 5) is 0. The molecule has 1 fully saturated rings. The molecular weight excluding hydrogens is 262 g/mol. The molecule has 0 saturated heterocycles. The first-order valence-electron chi connectivity index (χ1n) is 8.26. The largest absolute Gasteiger partial charge is 0.496 e. The Kier molecular flexibility index (Phi) is 4.51. The zero-order valence-corrected chi connectivity index (χ0v) is 13.2. The van der Waals surface area contributed by atoms with Crippen molar-refractivity contribution in [1.29, 1.82) is 0 Å². The van der Waals surface area contributed by atoms with E-state index < -0.39 is 0 Å². The summed E-state index contributed by atoms with van der Waals surface area (Å²) >= 11 is 0. The van der Waals surface area contributed by atoms with Crippen LogP contribution in [0, 0.1) is 12.8 Å². The molecule has 3 heteroatoms. The van der Waals surface area contributed by atoms with Crippen molar-refractivity contribution >= 4 is 0 Å². The van der Waals surface area contributed by atoms with Crippen molar-refractivity contribution in [1.82, 2.24) is 0 Å². The van der Waals surface area contributed by atoms with Gasteiger partial charge in [0, 0.05) is 18.5 Å². The van der Waals surface area contributed by atoms with Crippen LogP contribution < -0.4 is 10.5 Å². The fourth-order valence-corrected chi connectivity index (χ4v) is 4.06. The summed E-state index contributed by atoms with van der Waals surface area (Å²) in [6.07, 6.45) is 7.96. The smallest absolute Gasteiger partial charge is 0.125 e. The second-order valence-corrected chi connectivity index (χ2v) is 6.48. The average Bonchev–Trinajstić information content (AvgIpc) is 2.54. The molecule has 116 valence electrons. The van der Waals surface area contributed by atoms with Crippen molar-refractivity contribution in [2.24, 2.45) is 11.7 Å². The molecule has 0 bridgehead atoms. The molecule has 0 radical (unpaired) electrons. The lowest BCUT2D eigenvalue weighted by atomic mass is 9.80. The fourth-order valence-electron chi connectivity index (χ4n) is 4.06. The zero-order chi connectivity index (χ0) is 14.8. The minimum atomic E-state index is 0.0233. The van der Waals surface area contributed by atoms with E-state index in [0.29, 0.717) is 18.6 Å². The third-order valence-corrected chi connectivity index (χ3v) is 5.18. The maximum Gasteiger partial charge on any atom is 0.125 e. The second-order valence-electron chi connectivity index (χ2n) is 6.48. The van der Waals surface area contributed by atoms with Crippen LogP contribution in [-0.4, -0.2) is 19.8 Å². The van der Waals surface area contributed by atoms with E-state index in [0.717, 1.165) is 12.2 Å². The molecule has 1 aromatic rings. The molecule has 0 spiro atoms. The number of hydrogen-bond acceptors (Lipinski definition) is 3. The first-order valence-corrected chi connectivity index (χ1v) is 8.26. The third kappa shape index (κ3) is 2.82. The molecule has 1 heterocycles. The lowest BCUT2D eigenvalue weighted by Gasteiger charge is -2.38. The first kappa shape index (κ1) is 14.9. The Morgan fingerprint density at radius 3 is 2.67 bits per heavy atom. The van der Waals surface area contributed by atoms with Crippen LogP contribution in [0.4, 0.5) is 0 Å². The van der Waals surface area contributed by atoms with Gasteiger partial charge in [0.1, 0.15) is 5.75 Å². The molecule has 2 N–H and O–H groups in total. The molecule has 2 aliphatic rings. The molecule has 3 nitrogen and oxygen atoms in total. The minimum Gasteiger partial charge on any atom is -0.496 e. The van der Waals surface area contributed by atoms with Crippen molar-refractivity contribution in [3.63, 3.8) is 0 Å². The highest BCUT2D eigenvalue weighted by molar-refractivity contribution is 5.48. The number of nitrogens with two attached hydrogens (primary N) is 1. The summed E-state index contributed by atoms with van der Waals surface area (Å²) in [7, 11) is 1.77. The van der Waals surface area contributed by atoms with Crippen LogP contribution in [0.1, 0.15) is 54.9 Å². The van der Waals surface area contributed by atoms with E-state index in [1.807, 2.05) is 0 Å². The van der Waals surface area contributed by atoms with Crippen LogP contribution in [0.25, 0.3) is 0 Å². The molecule has 0 aromatic heterocycles. The molecule has 0 unspecified atom stereocenters. The van der Waals surface area contributed by atoms with Crippen LogP contribution in [-0.2, 0) is 11.2 Å². The number of benzene rings is 1. The Morgan fingerprint density at radius 2 is 2.00 bits per heavy atom. The normalized spacial score (nSPS) is 26.4. The summed E-state index contributed by atoms with van der Waals surface area (Å²) in [6, 6.07) is 4.28. The lowest BCUT2D eigenvalue weighted by molar-refractivity contribution is -0.0594. The van der Waals surface area contributed by atoms with Crippen LogP contribution >= 0.6 is 0 Å². The average molecular weight is 289 g/mol. The molecule has 1 aliphatic heterocycles. The highest BCUT2D eigenvalue weighted by atomic mass is 16.5. The standard InChI is InChI=1S/C18H27NO2/c1-12-8-9-14-15(18(12)20-2)10-16(21-17(14)11-19)13-6-4-3-5-7-13/h8-9,13,16-17H,3-7,10-11,19H2,1-2H3/t16-,17-/m0/s1. The van der Waals surface area contributed by atoms with Crippen LogP contribution in [0.15, 0.2) is 12.1 Å². The van der Waals surface area contributed by atoms with Gasteiger partial charge in [-0.3, -0.25) is 0 Å². The molecule has 1 aliphatic carbocycles. The van der Waals surface area contributed by atoms with Gasteiger partial charge in [0.15, 0.2) is 0 Å². The fraction of sp³-hybridized carbons (Fsp3) is 0.667. The highest BCUT2D eigenvalue weighted by Gasteiger charge is 2.34. The van der Waals surface area contributed by atoms with E-state index in [9.17, 15) is 0 Å². The van der Waals surface area contributed by atoms with E-state index in [4.69, 9.17) is 15.2 Å². The Labute approximate surface area is 127 Å². The van der Waals surface area contributed by atoms with Crippen LogP contribution in [0.5, 0.6) is 5.75 Å². The molecule has 1 aromatic carbocycles. The summed E-state index contributed by atoms with van der Waals surface area (Å²) < 4.78 is 12.0. The van der Waals surface area contributed by atoms with Gasteiger partial charge in [0.25, 0.3) is 0 Å². The predicted molar refractivity (Wildman–Crippen MR) is 84.7 cm³/mol. The zero-order valence-electron chi connectivity index (χ0n) is 13.2. The van der Waals surface area contributed by atoms with Gasteiger partial charge in [-0.1, -0.05) is 31.4 Å². The summed E-state index contributed by atoms with van der Waals surface area (Å²) in [5, 5.41) is 0. The summed E-state index contributed by atoms with van der Waals surface area (Å²) in [5.41, 5.74) is 9.74. The SMILES string of the molecule is COc1c(C)ccc2c1C[C@@H](C1CCCCC1)O[C@H]2CN. The molecule has 21 heavy (non-hydrogen) atoms. The van der Waals surface area contributed by atoms with Crippen molar-refractivity contribution in [3.8, 4) is 5.75 Å². The second kappa shape index (κ2) is 6.37. The van der Waals surface area contributed by atoms with Gasteiger partial charge in [0.2, 0.25) is 0 Å². The van der Waals surface area contributed by atoms with Gasteiger partial charge in [-0.2, -0.15) is 0 Å². The topological polar surface area (TPSA) is 44.5 Å². The van der Waals surface area contributed by atoms with Gasteiger partial charge < -0.3 is 15.2 Å². The number of rotatable bonds is 3. The van der Waals surface area contributed by atoms with E-state index in [2.05, 4.69) is 19.1 Å². The monoisotopic (exact) mass is 289 g/mol. The number of aryl methyl sites for hydroxylation is 1. The molecule has 2 atom stereocenters. The Hall–Kier alpha value is -1.06. The minimum absolute atomic E-state index is 0.0233. The molecule has 3 rings (SSSR count). The maximum absolute atomic E-state index is 6.36. The molecular formula is C18H27NO2. The Morgan fingerprint density at radius 1 is 1.24 bits per heavy atom. The number of methoxy groups -OCH3 is 1. The van der Waals surface area contributed by atoms with Gasteiger partial charge >= 0.3 is 0 Å². The van der Waals surface area contributed by atoms with Gasteiger partial charge in [0.05, 0.1) is 19.3 Å². The van der Waals surface area contributed by atoms with Crippen molar-refractivity contribution in [3.05, 3.63) is 28.8 Å². The number of fused-ring (bicyclic) bond motifs is 1. The van der Waals surface area contributed by atoms with Crippen molar-refractivity contribution < 1.29 is 9.47 Å². The number of hydrogen-bond donors (Lipinski definition) is 1. The third-order valence-electron chi connectivity index (χ3n) is 5.18. The summed E-state index contributed by atoms with van der Waals surface area (Å²) in [6.45, 7) is 2.66. The van der Waals surface area contributed by atoms with Gasteiger partial charge in [-0.05, 0) is 36.8 Å². The maximum atomic E-state index is 6.36. The van der Waals surface area contributed by atoms with E-state index in [1.54, 1.807) is 7.11 Å². The molecule has 1 saturated carbocycles. The Balaban J connectivity index is 1.92. The van der Waals surface area contributed by atoms with Crippen molar-refractivity contribution in [2.45, 2.75) is 57.7 Å². The Bertz CT molecular complexity index is 494. The summed E-state index contributed by atoms with van der Waals surface area (Å²) in [5.74, 6) is 1.72. The van der Waals surface area contributed by atoms with E-state index >= 15 is 0 Å². The van der Waals surface area contributed by atoms with Crippen molar-refractivity contribution in [2.75, 3.05) is 13.7 Å². The highest BCUT2D eigenvalue weighted by Crippen LogP contribution is 2.41. The van der Waals surface area contributed by atoms with Gasteiger partial charge in [-0.15, -0.1) is 0 Å². The number of ether oxygens (including phenoxy) is 2.